The summed E-state index contributed by atoms with van der Waals surface area (Å²) in [6.07, 6.45) is 2.85. The molecule has 0 aromatic carbocycles. The summed E-state index contributed by atoms with van der Waals surface area (Å²) in [4.78, 5) is 18.6. The standard InChI is InChI=1S/C15H26N4O2/c1-10-17-12(18-21-10)8-11-6-5-7-19(9-11)14(20)13(16)15(2,3)4/h11,13H,5-9,16H2,1-4H3/t11?,13-/m1/s1. The summed E-state index contributed by atoms with van der Waals surface area (Å²) in [5.41, 5.74) is 5.88. The molecule has 2 atom stereocenters. The van der Waals surface area contributed by atoms with E-state index in [-0.39, 0.29) is 11.3 Å². The Hall–Kier alpha value is -1.43. The number of hydrogen-bond acceptors (Lipinski definition) is 5. The molecule has 2 rings (SSSR count). The van der Waals surface area contributed by atoms with Gasteiger partial charge in [0.1, 0.15) is 0 Å². The van der Waals surface area contributed by atoms with Crippen molar-refractivity contribution in [1.82, 2.24) is 15.0 Å². The summed E-state index contributed by atoms with van der Waals surface area (Å²) >= 11 is 0. The predicted molar refractivity (Wildman–Crippen MR) is 79.5 cm³/mol. The molecule has 1 amide bonds. The third-order valence-corrected chi connectivity index (χ3v) is 4.07. The summed E-state index contributed by atoms with van der Waals surface area (Å²) in [7, 11) is 0. The molecule has 6 nitrogen and oxygen atoms in total. The third-order valence-electron chi connectivity index (χ3n) is 4.07. The van der Waals surface area contributed by atoms with E-state index in [9.17, 15) is 4.79 Å². The van der Waals surface area contributed by atoms with Crippen LogP contribution in [0.4, 0.5) is 0 Å². The molecule has 0 bridgehead atoms. The third kappa shape index (κ3) is 4.03. The van der Waals surface area contributed by atoms with Crippen LogP contribution in [0.25, 0.3) is 0 Å². The first-order valence-electron chi connectivity index (χ1n) is 7.61. The minimum atomic E-state index is -0.455. The van der Waals surface area contributed by atoms with Crippen LogP contribution >= 0.6 is 0 Å². The Bertz CT molecular complexity index is 492. The van der Waals surface area contributed by atoms with E-state index in [0.29, 0.717) is 11.8 Å². The van der Waals surface area contributed by atoms with Crippen molar-refractivity contribution in [2.75, 3.05) is 13.1 Å². The van der Waals surface area contributed by atoms with Crippen LogP contribution in [0.2, 0.25) is 0 Å². The smallest absolute Gasteiger partial charge is 0.240 e. The number of carbonyl (C=O) groups is 1. The molecule has 21 heavy (non-hydrogen) atoms. The van der Waals surface area contributed by atoms with Gasteiger partial charge < -0.3 is 15.2 Å². The first-order valence-corrected chi connectivity index (χ1v) is 7.61. The zero-order chi connectivity index (χ0) is 15.6. The molecule has 0 aliphatic carbocycles. The van der Waals surface area contributed by atoms with Crippen molar-refractivity contribution in [3.63, 3.8) is 0 Å². The van der Waals surface area contributed by atoms with Gasteiger partial charge in [-0.05, 0) is 24.2 Å². The van der Waals surface area contributed by atoms with Gasteiger partial charge in [-0.2, -0.15) is 4.98 Å². The highest BCUT2D eigenvalue weighted by molar-refractivity contribution is 5.82. The maximum absolute atomic E-state index is 12.5. The number of amides is 1. The summed E-state index contributed by atoms with van der Waals surface area (Å²) in [5, 5.41) is 3.94. The Morgan fingerprint density at radius 2 is 2.24 bits per heavy atom. The van der Waals surface area contributed by atoms with Crippen molar-refractivity contribution in [1.29, 1.82) is 0 Å². The monoisotopic (exact) mass is 294 g/mol. The average molecular weight is 294 g/mol. The highest BCUT2D eigenvalue weighted by Gasteiger charge is 2.33. The molecule has 1 aliphatic heterocycles. The Labute approximate surface area is 126 Å². The van der Waals surface area contributed by atoms with Crippen LogP contribution < -0.4 is 5.73 Å². The maximum Gasteiger partial charge on any atom is 0.240 e. The summed E-state index contributed by atoms with van der Waals surface area (Å²) in [6, 6.07) is -0.455. The van der Waals surface area contributed by atoms with Crippen molar-refractivity contribution in [3.8, 4) is 0 Å². The Morgan fingerprint density at radius 1 is 1.52 bits per heavy atom. The molecule has 0 radical (unpaired) electrons. The number of piperidine rings is 1. The summed E-state index contributed by atoms with van der Waals surface area (Å²) in [5.74, 6) is 1.75. The van der Waals surface area contributed by atoms with Gasteiger partial charge in [0.2, 0.25) is 11.8 Å². The van der Waals surface area contributed by atoms with E-state index in [0.717, 1.165) is 38.2 Å². The largest absolute Gasteiger partial charge is 0.341 e. The Kier molecular flexibility index (Phi) is 4.66. The summed E-state index contributed by atoms with van der Waals surface area (Å²) < 4.78 is 5.00. The van der Waals surface area contributed by atoms with E-state index in [2.05, 4.69) is 10.1 Å². The highest BCUT2D eigenvalue weighted by atomic mass is 16.5. The van der Waals surface area contributed by atoms with Gasteiger partial charge in [0, 0.05) is 26.4 Å². The molecule has 1 unspecified atom stereocenters. The fourth-order valence-corrected chi connectivity index (χ4v) is 2.68. The minimum absolute atomic E-state index is 0.0523. The van der Waals surface area contributed by atoms with Crippen molar-refractivity contribution < 1.29 is 9.32 Å². The Morgan fingerprint density at radius 3 is 2.81 bits per heavy atom. The molecule has 118 valence electrons. The molecule has 6 heteroatoms. The molecule has 0 saturated carbocycles. The second-order valence-electron chi connectivity index (χ2n) is 7.07. The molecule has 1 aromatic rings. The van der Waals surface area contributed by atoms with Gasteiger partial charge in [-0.15, -0.1) is 0 Å². The van der Waals surface area contributed by atoms with Gasteiger partial charge >= 0.3 is 0 Å². The maximum atomic E-state index is 12.5. The lowest BCUT2D eigenvalue weighted by atomic mass is 9.85. The molecule has 2 heterocycles. The minimum Gasteiger partial charge on any atom is -0.341 e. The second-order valence-corrected chi connectivity index (χ2v) is 7.07. The topological polar surface area (TPSA) is 85.2 Å². The van der Waals surface area contributed by atoms with Crippen molar-refractivity contribution in [2.24, 2.45) is 17.1 Å². The van der Waals surface area contributed by atoms with Crippen LogP contribution in [0.1, 0.15) is 45.3 Å². The quantitative estimate of drug-likeness (QED) is 0.913. The fraction of sp³-hybridized carbons (Fsp3) is 0.800. The van der Waals surface area contributed by atoms with Gasteiger partial charge in [0.05, 0.1) is 6.04 Å². The van der Waals surface area contributed by atoms with Crippen LogP contribution in [0.3, 0.4) is 0 Å². The number of carbonyl (C=O) groups excluding carboxylic acids is 1. The van der Waals surface area contributed by atoms with E-state index < -0.39 is 6.04 Å². The predicted octanol–water partition coefficient (Wildman–Crippen LogP) is 1.53. The van der Waals surface area contributed by atoms with E-state index in [1.807, 2.05) is 25.7 Å². The SMILES string of the molecule is Cc1nc(CC2CCCN(C(=O)[C@@H](N)C(C)(C)C)C2)no1. The van der Waals surface area contributed by atoms with E-state index in [1.54, 1.807) is 6.92 Å². The van der Waals surface area contributed by atoms with E-state index in [1.165, 1.54) is 0 Å². The normalized spacial score (nSPS) is 21.4. The number of nitrogens with two attached hydrogens (primary N) is 1. The van der Waals surface area contributed by atoms with Gasteiger partial charge in [-0.1, -0.05) is 25.9 Å². The molecule has 1 aromatic heterocycles. The molecular weight excluding hydrogens is 268 g/mol. The van der Waals surface area contributed by atoms with Crippen LogP contribution in [-0.2, 0) is 11.2 Å². The number of nitrogens with zero attached hydrogens (tertiary/aromatic N) is 3. The van der Waals surface area contributed by atoms with E-state index in [4.69, 9.17) is 10.3 Å². The van der Waals surface area contributed by atoms with Crippen molar-refractivity contribution >= 4 is 5.91 Å². The van der Waals surface area contributed by atoms with Gasteiger partial charge in [0.15, 0.2) is 5.82 Å². The Balaban J connectivity index is 1.95. The lowest BCUT2D eigenvalue weighted by Gasteiger charge is -2.37. The first-order chi connectivity index (χ1) is 9.77. The first kappa shape index (κ1) is 15.9. The van der Waals surface area contributed by atoms with Crippen LogP contribution in [0.15, 0.2) is 4.52 Å². The number of aryl methyl sites for hydroxylation is 1. The zero-order valence-corrected chi connectivity index (χ0v) is 13.4. The van der Waals surface area contributed by atoms with E-state index >= 15 is 0 Å². The second kappa shape index (κ2) is 6.13. The zero-order valence-electron chi connectivity index (χ0n) is 13.4. The molecule has 1 fully saturated rings. The number of aromatic nitrogens is 2. The number of rotatable bonds is 3. The van der Waals surface area contributed by atoms with Crippen LogP contribution in [-0.4, -0.2) is 40.1 Å². The van der Waals surface area contributed by atoms with Crippen LogP contribution in [0.5, 0.6) is 0 Å². The molecule has 1 saturated heterocycles. The molecule has 1 aliphatic rings. The van der Waals surface area contributed by atoms with Crippen molar-refractivity contribution in [3.05, 3.63) is 11.7 Å². The fourth-order valence-electron chi connectivity index (χ4n) is 2.68. The van der Waals surface area contributed by atoms with Crippen molar-refractivity contribution in [2.45, 2.75) is 53.0 Å². The highest BCUT2D eigenvalue weighted by Crippen LogP contribution is 2.24. The molecular formula is C15H26N4O2. The van der Waals surface area contributed by atoms with Crippen LogP contribution in [0, 0.1) is 18.3 Å². The molecule has 0 spiro atoms. The van der Waals surface area contributed by atoms with Gasteiger partial charge in [0.25, 0.3) is 0 Å². The lowest BCUT2D eigenvalue weighted by Crippen LogP contribution is -2.53. The summed E-state index contributed by atoms with van der Waals surface area (Å²) in [6.45, 7) is 9.31. The molecule has 2 N–H and O–H groups in total. The average Bonchev–Trinajstić information content (AvgIpc) is 2.81. The van der Waals surface area contributed by atoms with Gasteiger partial charge in [-0.25, -0.2) is 0 Å². The number of hydrogen-bond donors (Lipinski definition) is 1. The number of likely N-dealkylation sites (tertiary alicyclic amines) is 1. The van der Waals surface area contributed by atoms with Gasteiger partial charge in [-0.3, -0.25) is 4.79 Å². The lowest BCUT2D eigenvalue weighted by molar-refractivity contribution is -0.136.